The lowest BCUT2D eigenvalue weighted by Crippen LogP contribution is -2.33. The van der Waals surface area contributed by atoms with Gasteiger partial charge in [0, 0.05) is 17.8 Å². The minimum Gasteiger partial charge on any atom is -0.495 e. The number of benzene rings is 2. The number of halogens is 2. The van der Waals surface area contributed by atoms with Crippen LogP contribution in [0, 0.1) is 5.82 Å². The Morgan fingerprint density at radius 3 is 2.52 bits per heavy atom. The number of nitrogens with one attached hydrogen (secondary N) is 1. The summed E-state index contributed by atoms with van der Waals surface area (Å²) in [6.07, 6.45) is 2.10. The van der Waals surface area contributed by atoms with Gasteiger partial charge in [-0.2, -0.15) is 0 Å². The van der Waals surface area contributed by atoms with Crippen LogP contribution in [0.15, 0.2) is 42.5 Å². The summed E-state index contributed by atoms with van der Waals surface area (Å²) in [6, 6.07) is 12.9. The van der Waals surface area contributed by atoms with Gasteiger partial charge in [-0.05, 0) is 48.6 Å². The molecule has 0 aromatic heterocycles. The van der Waals surface area contributed by atoms with E-state index < -0.39 is 0 Å². The van der Waals surface area contributed by atoms with Crippen LogP contribution >= 0.6 is 11.6 Å². The molecule has 3 rings (SSSR count). The highest BCUT2D eigenvalue weighted by Gasteiger charge is 2.30. The first-order valence-corrected chi connectivity index (χ1v) is 7.39. The molecule has 1 aliphatic carbocycles. The zero-order valence-electron chi connectivity index (χ0n) is 11.8. The largest absolute Gasteiger partial charge is 0.495 e. The van der Waals surface area contributed by atoms with Crippen LogP contribution in [0.5, 0.6) is 5.75 Å². The minimum absolute atomic E-state index is 0.180. The Morgan fingerprint density at radius 1 is 1.14 bits per heavy atom. The van der Waals surface area contributed by atoms with Gasteiger partial charge in [-0.25, -0.2) is 4.39 Å². The highest BCUT2D eigenvalue weighted by molar-refractivity contribution is 6.32. The van der Waals surface area contributed by atoms with Crippen molar-refractivity contribution in [3.05, 3.63) is 58.9 Å². The van der Waals surface area contributed by atoms with Crippen molar-refractivity contribution in [2.45, 2.75) is 24.8 Å². The summed E-state index contributed by atoms with van der Waals surface area (Å²) in [7, 11) is 1.61. The first-order chi connectivity index (χ1) is 10.2. The van der Waals surface area contributed by atoms with Crippen molar-refractivity contribution in [2.24, 2.45) is 0 Å². The Morgan fingerprint density at radius 2 is 1.86 bits per heavy atom. The van der Waals surface area contributed by atoms with Crippen LogP contribution in [0.3, 0.4) is 0 Å². The van der Waals surface area contributed by atoms with Crippen LogP contribution in [-0.4, -0.2) is 13.2 Å². The first-order valence-electron chi connectivity index (χ1n) is 7.01. The number of hydrogen-bond donors (Lipinski definition) is 1. The summed E-state index contributed by atoms with van der Waals surface area (Å²) >= 11 is 6.01. The summed E-state index contributed by atoms with van der Waals surface area (Å²) in [5, 5.41) is 4.09. The predicted molar refractivity (Wildman–Crippen MR) is 83.8 cm³/mol. The Hall–Kier alpha value is -1.74. The number of methoxy groups -OCH3 is 1. The maximum absolute atomic E-state index is 12.9. The molecule has 0 atom stereocenters. The first kappa shape index (κ1) is 14.2. The van der Waals surface area contributed by atoms with Crippen molar-refractivity contribution >= 4 is 17.3 Å². The second kappa shape index (κ2) is 5.94. The van der Waals surface area contributed by atoms with Gasteiger partial charge in [0.2, 0.25) is 0 Å². The summed E-state index contributed by atoms with van der Waals surface area (Å²) in [5.41, 5.74) is 2.22. The van der Waals surface area contributed by atoms with Crippen LogP contribution in [0.2, 0.25) is 5.02 Å². The minimum atomic E-state index is -0.180. The average Bonchev–Trinajstić information content (AvgIpc) is 2.45. The van der Waals surface area contributed by atoms with Crippen molar-refractivity contribution in [3.63, 3.8) is 0 Å². The van der Waals surface area contributed by atoms with Gasteiger partial charge in [0.25, 0.3) is 0 Å². The normalized spacial score (nSPS) is 20.7. The van der Waals surface area contributed by atoms with Gasteiger partial charge >= 0.3 is 0 Å². The summed E-state index contributed by atoms with van der Waals surface area (Å²) in [4.78, 5) is 0. The molecule has 0 bridgehead atoms. The number of anilines is 1. The second-order valence-electron chi connectivity index (χ2n) is 5.41. The van der Waals surface area contributed by atoms with E-state index in [2.05, 4.69) is 5.32 Å². The quantitative estimate of drug-likeness (QED) is 0.872. The molecule has 0 radical (unpaired) electrons. The van der Waals surface area contributed by atoms with Crippen LogP contribution < -0.4 is 10.1 Å². The molecule has 0 amide bonds. The van der Waals surface area contributed by atoms with Crippen molar-refractivity contribution in [1.82, 2.24) is 0 Å². The predicted octanol–water partition coefficient (Wildman–Crippen LogP) is 4.85. The fourth-order valence-corrected chi connectivity index (χ4v) is 2.92. The lowest BCUT2D eigenvalue weighted by Gasteiger charge is -2.37. The third kappa shape index (κ3) is 3.13. The molecular formula is C17H17ClFNO. The Kier molecular flexibility index (Phi) is 4.02. The third-order valence-corrected chi connectivity index (χ3v) is 4.31. The molecule has 0 unspecified atom stereocenters. The summed E-state index contributed by atoms with van der Waals surface area (Å²) in [5.74, 6) is 1.01. The third-order valence-electron chi connectivity index (χ3n) is 4.00. The van der Waals surface area contributed by atoms with Crippen LogP contribution in [-0.2, 0) is 0 Å². The van der Waals surface area contributed by atoms with Crippen molar-refractivity contribution in [1.29, 1.82) is 0 Å². The molecule has 21 heavy (non-hydrogen) atoms. The number of rotatable bonds is 4. The average molecular weight is 306 g/mol. The van der Waals surface area contributed by atoms with Gasteiger partial charge in [-0.1, -0.05) is 23.7 Å². The van der Waals surface area contributed by atoms with Gasteiger partial charge in [0.15, 0.2) is 0 Å². The Bertz CT molecular complexity index is 623. The molecule has 110 valence electrons. The molecule has 0 spiro atoms. The van der Waals surface area contributed by atoms with E-state index in [4.69, 9.17) is 16.3 Å². The smallest absolute Gasteiger partial charge is 0.139 e. The molecule has 2 aromatic carbocycles. The van der Waals surface area contributed by atoms with E-state index in [1.807, 2.05) is 30.3 Å². The van der Waals surface area contributed by atoms with E-state index in [0.29, 0.717) is 22.7 Å². The van der Waals surface area contributed by atoms with E-state index in [1.165, 1.54) is 17.7 Å². The van der Waals surface area contributed by atoms with E-state index in [-0.39, 0.29) is 5.82 Å². The maximum Gasteiger partial charge on any atom is 0.139 e. The molecule has 1 fully saturated rings. The topological polar surface area (TPSA) is 21.3 Å². The van der Waals surface area contributed by atoms with Gasteiger partial charge in [0.1, 0.15) is 11.6 Å². The van der Waals surface area contributed by atoms with E-state index in [9.17, 15) is 4.39 Å². The van der Waals surface area contributed by atoms with Crippen LogP contribution in [0.1, 0.15) is 24.3 Å². The van der Waals surface area contributed by atoms with Crippen molar-refractivity contribution < 1.29 is 9.13 Å². The van der Waals surface area contributed by atoms with Gasteiger partial charge in [0.05, 0.1) is 12.1 Å². The lowest BCUT2D eigenvalue weighted by molar-refractivity contribution is 0.373. The highest BCUT2D eigenvalue weighted by Crippen LogP contribution is 2.39. The fraction of sp³-hybridized carbons (Fsp3) is 0.294. The van der Waals surface area contributed by atoms with Crippen LogP contribution in [0.4, 0.5) is 10.1 Å². The van der Waals surface area contributed by atoms with E-state index in [1.54, 1.807) is 7.11 Å². The molecular weight excluding hydrogens is 289 g/mol. The zero-order chi connectivity index (χ0) is 14.8. The van der Waals surface area contributed by atoms with E-state index >= 15 is 0 Å². The Balaban J connectivity index is 1.58. The SMILES string of the molecule is COc1cc(NC2CC(c3ccc(F)cc3)C2)ccc1Cl. The summed E-state index contributed by atoms with van der Waals surface area (Å²) in [6.45, 7) is 0. The fourth-order valence-electron chi connectivity index (χ4n) is 2.73. The van der Waals surface area contributed by atoms with Gasteiger partial charge in [-0.15, -0.1) is 0 Å². The van der Waals surface area contributed by atoms with E-state index in [0.717, 1.165) is 18.5 Å². The van der Waals surface area contributed by atoms with Crippen LogP contribution in [0.25, 0.3) is 0 Å². The molecule has 0 aliphatic heterocycles. The Labute approximate surface area is 128 Å². The van der Waals surface area contributed by atoms with Crippen molar-refractivity contribution in [2.75, 3.05) is 12.4 Å². The lowest BCUT2D eigenvalue weighted by atomic mass is 9.76. The molecule has 0 heterocycles. The molecule has 2 nitrogen and oxygen atoms in total. The van der Waals surface area contributed by atoms with Gasteiger partial charge in [-0.3, -0.25) is 0 Å². The number of hydrogen-bond acceptors (Lipinski definition) is 2. The zero-order valence-corrected chi connectivity index (χ0v) is 12.5. The summed E-state index contributed by atoms with van der Waals surface area (Å²) < 4.78 is 18.1. The molecule has 1 aliphatic rings. The molecule has 0 saturated heterocycles. The number of ether oxygens (including phenoxy) is 1. The maximum atomic E-state index is 12.9. The second-order valence-corrected chi connectivity index (χ2v) is 5.82. The van der Waals surface area contributed by atoms with Crippen molar-refractivity contribution in [3.8, 4) is 5.75 Å². The van der Waals surface area contributed by atoms with Gasteiger partial charge < -0.3 is 10.1 Å². The standard InChI is InChI=1S/C17H17ClFNO/c1-21-17-10-14(6-7-16(17)18)20-15-8-12(9-15)11-2-4-13(19)5-3-11/h2-7,10,12,15,20H,8-9H2,1H3. The molecule has 1 N–H and O–H groups in total. The molecule has 4 heteroatoms. The molecule has 2 aromatic rings. The monoisotopic (exact) mass is 305 g/mol. The molecule has 1 saturated carbocycles. The highest BCUT2D eigenvalue weighted by atomic mass is 35.5.